The number of rotatable bonds is 6. The summed E-state index contributed by atoms with van der Waals surface area (Å²) in [5, 5.41) is 0.631. The van der Waals surface area contributed by atoms with Gasteiger partial charge in [0, 0.05) is 28.0 Å². The monoisotopic (exact) mass is 550 g/mol. The highest BCUT2D eigenvalue weighted by Gasteiger charge is 2.72. The first-order valence-corrected chi connectivity index (χ1v) is 14.7. The molecule has 3 aromatic rings. The molecule has 7 nitrogen and oxygen atoms in total. The molecule has 7 rings (SSSR count). The summed E-state index contributed by atoms with van der Waals surface area (Å²) in [7, 11) is 0. The van der Waals surface area contributed by atoms with Crippen LogP contribution in [-0.4, -0.2) is 56.8 Å². The van der Waals surface area contributed by atoms with Gasteiger partial charge in [0.25, 0.3) is 0 Å². The molecule has 2 aliphatic heterocycles. The van der Waals surface area contributed by atoms with Crippen molar-refractivity contribution in [2.24, 2.45) is 23.2 Å². The van der Waals surface area contributed by atoms with Gasteiger partial charge in [-0.3, -0.25) is 19.4 Å². The van der Waals surface area contributed by atoms with E-state index >= 15 is 0 Å². The summed E-state index contributed by atoms with van der Waals surface area (Å²) >= 11 is 8.08. The predicted octanol–water partition coefficient (Wildman–Crippen LogP) is 5.32. The summed E-state index contributed by atoms with van der Waals surface area (Å²) in [5.74, 6) is 1.06. The van der Waals surface area contributed by atoms with Gasteiger partial charge in [-0.05, 0) is 61.4 Å². The van der Waals surface area contributed by atoms with E-state index in [1.807, 2.05) is 39.0 Å². The number of fused-ring (bicyclic) bond motifs is 4. The molecule has 5 atom stereocenters. The second-order valence-corrected chi connectivity index (χ2v) is 13.5. The minimum atomic E-state index is -0.211. The number of thiophene rings is 1. The number of amides is 2. The highest BCUT2D eigenvalue weighted by atomic mass is 35.5. The Morgan fingerprint density at radius 2 is 1.89 bits per heavy atom. The first-order chi connectivity index (χ1) is 18.2. The summed E-state index contributed by atoms with van der Waals surface area (Å²) in [4.78, 5) is 39.9. The van der Waals surface area contributed by atoms with Crippen molar-refractivity contribution in [3.05, 3.63) is 40.0 Å². The number of likely N-dealkylation sites (tertiary alicyclic amines) is 2. The molecule has 2 aromatic heterocycles. The van der Waals surface area contributed by atoms with E-state index in [-0.39, 0.29) is 41.7 Å². The Bertz CT molecular complexity index is 1480. The lowest BCUT2D eigenvalue weighted by Crippen LogP contribution is -2.43. The minimum absolute atomic E-state index is 0.0538. The first kappa shape index (κ1) is 24.5. The summed E-state index contributed by atoms with van der Waals surface area (Å²) in [6.45, 7) is 10.7. The number of halogens is 1. The molecule has 2 saturated carbocycles. The van der Waals surface area contributed by atoms with E-state index in [2.05, 4.69) is 21.8 Å². The summed E-state index contributed by atoms with van der Waals surface area (Å²) in [5.41, 5.74) is 3.19. The third-order valence-electron chi connectivity index (χ3n) is 9.27. The molecule has 2 saturated heterocycles. The molecule has 4 heterocycles. The van der Waals surface area contributed by atoms with Crippen LogP contribution in [0.25, 0.3) is 21.5 Å². The van der Waals surface area contributed by atoms with Crippen molar-refractivity contribution in [1.29, 1.82) is 0 Å². The number of aromatic nitrogens is 2. The number of hydrogen-bond acceptors (Lipinski definition) is 7. The third-order valence-corrected chi connectivity index (χ3v) is 10.6. The van der Waals surface area contributed by atoms with Crippen LogP contribution in [0.5, 0.6) is 5.75 Å². The maximum absolute atomic E-state index is 12.9. The second kappa shape index (κ2) is 8.47. The van der Waals surface area contributed by atoms with Crippen LogP contribution in [0.2, 0.25) is 5.02 Å². The van der Waals surface area contributed by atoms with Crippen molar-refractivity contribution >= 4 is 45.0 Å². The van der Waals surface area contributed by atoms with Crippen LogP contribution in [-0.2, 0) is 16.1 Å². The number of nitrogens with zero attached hydrogens (tertiary/aromatic N) is 4. The molecule has 38 heavy (non-hydrogen) atoms. The number of imide groups is 1. The van der Waals surface area contributed by atoms with Crippen LogP contribution in [0.3, 0.4) is 0 Å². The fourth-order valence-corrected chi connectivity index (χ4v) is 8.64. The van der Waals surface area contributed by atoms with Crippen molar-refractivity contribution in [2.45, 2.75) is 59.2 Å². The van der Waals surface area contributed by atoms with Gasteiger partial charge in [0.05, 0.1) is 34.3 Å². The highest BCUT2D eigenvalue weighted by Crippen LogP contribution is 2.63. The number of carbonyl (C=O) groups excluding carboxylic acids is 2. The number of hydrogen-bond donors (Lipinski definition) is 0. The Balaban J connectivity index is 1.23. The average molecular weight is 551 g/mol. The summed E-state index contributed by atoms with van der Waals surface area (Å²) < 4.78 is 7.69. The second-order valence-electron chi connectivity index (χ2n) is 11.9. The van der Waals surface area contributed by atoms with Gasteiger partial charge in [-0.2, -0.15) is 0 Å². The van der Waals surface area contributed by atoms with Crippen LogP contribution in [0, 0.1) is 30.1 Å². The van der Waals surface area contributed by atoms with E-state index in [9.17, 15) is 9.59 Å². The Labute approximate surface area is 231 Å². The number of benzene rings is 1. The zero-order chi connectivity index (χ0) is 26.5. The van der Waals surface area contributed by atoms with Crippen LogP contribution in [0.15, 0.2) is 24.5 Å². The molecule has 2 amide bonds. The quantitative estimate of drug-likeness (QED) is 0.387. The lowest BCUT2D eigenvalue weighted by Gasteiger charge is -2.33. The fourth-order valence-electron chi connectivity index (χ4n) is 7.27. The van der Waals surface area contributed by atoms with Crippen molar-refractivity contribution in [2.75, 3.05) is 13.1 Å². The van der Waals surface area contributed by atoms with Gasteiger partial charge in [0.1, 0.15) is 18.2 Å². The molecule has 1 aromatic carbocycles. The van der Waals surface area contributed by atoms with Gasteiger partial charge < -0.3 is 4.74 Å². The lowest BCUT2D eigenvalue weighted by atomic mass is 10.0. The molecule has 9 heteroatoms. The topological polar surface area (TPSA) is 75.6 Å². The van der Waals surface area contributed by atoms with E-state index in [4.69, 9.17) is 16.3 Å². The molecule has 0 N–H and O–H groups in total. The smallest absolute Gasteiger partial charge is 0.234 e. The van der Waals surface area contributed by atoms with Gasteiger partial charge in [0.2, 0.25) is 11.8 Å². The predicted molar refractivity (Wildman–Crippen MR) is 147 cm³/mol. The first-order valence-electron chi connectivity index (χ1n) is 13.5. The van der Waals surface area contributed by atoms with Crippen LogP contribution in [0.1, 0.15) is 44.1 Å². The Kier molecular flexibility index (Phi) is 5.46. The number of piperidine rings is 2. The zero-order valence-electron chi connectivity index (χ0n) is 22.0. The Morgan fingerprint density at radius 1 is 1.13 bits per heavy atom. The van der Waals surface area contributed by atoms with Crippen molar-refractivity contribution in [1.82, 2.24) is 19.8 Å². The third kappa shape index (κ3) is 3.56. The lowest BCUT2D eigenvalue weighted by molar-refractivity contribution is -0.143. The fraction of sp³-hybridized carbons (Fsp3) is 0.517. The van der Waals surface area contributed by atoms with Crippen molar-refractivity contribution in [3.8, 4) is 17.0 Å². The summed E-state index contributed by atoms with van der Waals surface area (Å²) in [6.07, 6.45) is 3.97. The number of ether oxygens (including phenoxy) is 1. The number of carbonyl (C=O) groups is 2. The molecule has 0 spiro atoms. The summed E-state index contributed by atoms with van der Waals surface area (Å²) in [6, 6.07) is 6.28. The van der Waals surface area contributed by atoms with E-state index in [0.717, 1.165) is 50.6 Å². The molecule has 2 unspecified atom stereocenters. The molecule has 198 valence electrons. The molecule has 2 aliphatic carbocycles. The van der Waals surface area contributed by atoms with Crippen LogP contribution < -0.4 is 4.74 Å². The van der Waals surface area contributed by atoms with E-state index in [1.54, 1.807) is 6.33 Å². The Hall–Kier alpha value is -2.55. The number of likely N-dealkylation sites (N-methyl/N-ethyl adjacent to an activating group) is 1. The average Bonchev–Trinajstić information content (AvgIpc) is 3.39. The van der Waals surface area contributed by atoms with E-state index in [0.29, 0.717) is 17.0 Å². The van der Waals surface area contributed by atoms with Gasteiger partial charge in [-0.15, -0.1) is 11.3 Å². The molecule has 4 aliphatic rings. The number of aryl methyl sites for hydroxylation is 1. The SMILES string of the molecule is CCN1C[C@H]2C[C@@H]1[C@H](Oc1c(C)cc(Cl)cc1-c1ncnc3cc(CN4C(=O)C5C(C4=O)C5(C)C)sc13)C2. The standard InChI is InChI=1S/C29H31ClN4O3S/c1-5-33-11-15-7-20(33)21(8-15)37-25-14(2)6-16(30)9-18(25)24-26-19(31-13-32-24)10-17(38-26)12-34-27(35)22-23(28(34)36)29(22,3)4/h6,9-10,13,15,20-23H,5,7-8,11-12H2,1-4H3/t15-,20+,21+,22?,23?/m0/s1. The highest BCUT2D eigenvalue weighted by molar-refractivity contribution is 7.19. The van der Waals surface area contributed by atoms with Crippen LogP contribution >= 0.6 is 22.9 Å². The maximum Gasteiger partial charge on any atom is 0.234 e. The molecule has 2 bridgehead atoms. The van der Waals surface area contributed by atoms with Gasteiger partial charge >= 0.3 is 0 Å². The molecular weight excluding hydrogens is 520 g/mol. The molecule has 4 fully saturated rings. The van der Waals surface area contributed by atoms with Gasteiger partial charge in [-0.1, -0.05) is 32.4 Å². The van der Waals surface area contributed by atoms with E-state index < -0.39 is 0 Å². The van der Waals surface area contributed by atoms with Gasteiger partial charge in [0.15, 0.2) is 0 Å². The largest absolute Gasteiger partial charge is 0.488 e. The normalized spacial score (nSPS) is 29.5. The molecular formula is C29H31ClN4O3S. The van der Waals surface area contributed by atoms with E-state index in [1.165, 1.54) is 29.2 Å². The van der Waals surface area contributed by atoms with Crippen molar-refractivity contribution < 1.29 is 14.3 Å². The zero-order valence-corrected chi connectivity index (χ0v) is 23.6. The minimum Gasteiger partial charge on any atom is -0.488 e. The van der Waals surface area contributed by atoms with Crippen LogP contribution in [0.4, 0.5) is 0 Å². The molecule has 0 radical (unpaired) electrons. The van der Waals surface area contributed by atoms with Gasteiger partial charge in [-0.25, -0.2) is 9.97 Å². The Morgan fingerprint density at radius 3 is 2.61 bits per heavy atom. The van der Waals surface area contributed by atoms with Crippen molar-refractivity contribution in [3.63, 3.8) is 0 Å². The maximum atomic E-state index is 12.9.